The highest BCUT2D eigenvalue weighted by Crippen LogP contribution is 2.32. The van der Waals surface area contributed by atoms with Gasteiger partial charge >= 0.3 is 0 Å². The van der Waals surface area contributed by atoms with Crippen molar-refractivity contribution in [2.24, 2.45) is 0 Å². The molecule has 0 bridgehead atoms. The summed E-state index contributed by atoms with van der Waals surface area (Å²) >= 11 is 0. The number of carbonyl (C=O) groups is 1. The highest BCUT2D eigenvalue weighted by Gasteiger charge is 2.19. The standard InChI is InChI=1S/C24H30N2O3/c1-5-25(6-2)15-20(28)16-29-21-12-13-23-22(14-21)24(18(4)27)17(3)26(23)19-10-8-7-9-11-19/h7-14,20,28H,5-6,15-16H2,1-4H3/t20-/m1/s1. The number of Topliss-reactive ketones (excluding diaryl/α,β-unsaturated/α-hetero) is 1. The molecule has 5 nitrogen and oxygen atoms in total. The molecule has 1 heterocycles. The summed E-state index contributed by atoms with van der Waals surface area (Å²) in [6.45, 7) is 10.3. The molecule has 3 rings (SSSR count). The number of nitrogens with zero attached hydrogens (tertiary/aromatic N) is 2. The fourth-order valence-electron chi connectivity index (χ4n) is 3.87. The minimum Gasteiger partial charge on any atom is -0.491 e. The molecule has 0 aliphatic heterocycles. The highest BCUT2D eigenvalue weighted by molar-refractivity contribution is 6.09. The van der Waals surface area contributed by atoms with E-state index in [1.807, 2.05) is 55.5 Å². The van der Waals surface area contributed by atoms with Crippen molar-refractivity contribution in [3.05, 3.63) is 59.8 Å². The van der Waals surface area contributed by atoms with E-state index in [9.17, 15) is 9.90 Å². The molecule has 0 spiro atoms. The molecule has 1 atom stereocenters. The second-order valence-corrected chi connectivity index (χ2v) is 7.32. The molecule has 1 N–H and O–H groups in total. The van der Waals surface area contributed by atoms with E-state index < -0.39 is 6.10 Å². The number of hydrogen-bond acceptors (Lipinski definition) is 4. The minimum absolute atomic E-state index is 0.0286. The Morgan fingerprint density at radius 2 is 1.83 bits per heavy atom. The number of hydrogen-bond donors (Lipinski definition) is 1. The van der Waals surface area contributed by atoms with Gasteiger partial charge in [0.25, 0.3) is 0 Å². The maximum atomic E-state index is 12.4. The summed E-state index contributed by atoms with van der Waals surface area (Å²) < 4.78 is 7.96. The van der Waals surface area contributed by atoms with Gasteiger partial charge in [0.1, 0.15) is 18.5 Å². The van der Waals surface area contributed by atoms with Gasteiger partial charge in [0, 0.05) is 28.9 Å². The van der Waals surface area contributed by atoms with E-state index in [4.69, 9.17) is 4.74 Å². The third-order valence-corrected chi connectivity index (χ3v) is 5.35. The lowest BCUT2D eigenvalue weighted by molar-refractivity contribution is 0.0717. The van der Waals surface area contributed by atoms with Crippen LogP contribution in [0.25, 0.3) is 16.6 Å². The Bertz CT molecular complexity index is 975. The van der Waals surface area contributed by atoms with Crippen LogP contribution in [0.2, 0.25) is 0 Å². The Hall–Kier alpha value is -2.63. The number of fused-ring (bicyclic) bond motifs is 1. The van der Waals surface area contributed by atoms with Crippen molar-refractivity contribution < 1.29 is 14.6 Å². The van der Waals surface area contributed by atoms with E-state index >= 15 is 0 Å². The molecule has 0 saturated carbocycles. The van der Waals surface area contributed by atoms with Gasteiger partial charge in [-0.3, -0.25) is 4.79 Å². The first kappa shape index (κ1) is 21.1. The molecule has 0 saturated heterocycles. The van der Waals surface area contributed by atoms with Gasteiger partial charge < -0.3 is 19.3 Å². The van der Waals surface area contributed by atoms with Gasteiger partial charge in [0.05, 0.1) is 5.52 Å². The lowest BCUT2D eigenvalue weighted by Gasteiger charge is -2.22. The molecule has 1 aromatic heterocycles. The number of ketones is 1. The second kappa shape index (κ2) is 9.25. The zero-order valence-electron chi connectivity index (χ0n) is 17.7. The third kappa shape index (κ3) is 4.52. The number of rotatable bonds is 9. The molecular formula is C24H30N2O3. The molecule has 5 heteroatoms. The van der Waals surface area contributed by atoms with Crippen molar-refractivity contribution >= 4 is 16.7 Å². The molecular weight excluding hydrogens is 364 g/mol. The quantitative estimate of drug-likeness (QED) is 0.552. The fourth-order valence-corrected chi connectivity index (χ4v) is 3.87. The van der Waals surface area contributed by atoms with Crippen molar-refractivity contribution in [1.29, 1.82) is 0 Å². The maximum Gasteiger partial charge on any atom is 0.162 e. The maximum absolute atomic E-state index is 12.4. The van der Waals surface area contributed by atoms with Crippen molar-refractivity contribution in [3.63, 3.8) is 0 Å². The van der Waals surface area contributed by atoms with Crippen LogP contribution in [0, 0.1) is 6.92 Å². The minimum atomic E-state index is -0.562. The van der Waals surface area contributed by atoms with Crippen LogP contribution in [0.1, 0.15) is 36.8 Å². The molecule has 2 aromatic carbocycles. The van der Waals surface area contributed by atoms with Crippen molar-refractivity contribution in [1.82, 2.24) is 9.47 Å². The average molecular weight is 395 g/mol. The predicted octanol–water partition coefficient (Wildman–Crippen LogP) is 4.22. The highest BCUT2D eigenvalue weighted by atomic mass is 16.5. The summed E-state index contributed by atoms with van der Waals surface area (Å²) in [5.74, 6) is 0.685. The SMILES string of the molecule is CCN(CC)C[C@@H](O)COc1ccc2c(c1)c(C(C)=O)c(C)n2-c1ccccc1. The summed E-state index contributed by atoms with van der Waals surface area (Å²) in [6, 6.07) is 15.8. The first-order chi connectivity index (χ1) is 14.0. The topological polar surface area (TPSA) is 54.7 Å². The molecule has 154 valence electrons. The third-order valence-electron chi connectivity index (χ3n) is 5.35. The number of aromatic nitrogens is 1. The Morgan fingerprint density at radius 3 is 2.45 bits per heavy atom. The number of ether oxygens (including phenoxy) is 1. The van der Waals surface area contributed by atoms with Crippen molar-refractivity contribution in [2.75, 3.05) is 26.2 Å². The Labute approximate surface area is 172 Å². The van der Waals surface area contributed by atoms with E-state index in [0.717, 1.165) is 35.4 Å². The van der Waals surface area contributed by atoms with Gasteiger partial charge in [-0.05, 0) is 57.3 Å². The van der Waals surface area contributed by atoms with Crippen LogP contribution in [0.3, 0.4) is 0 Å². The summed E-state index contributed by atoms with van der Waals surface area (Å²) in [4.78, 5) is 14.6. The van der Waals surface area contributed by atoms with Crippen LogP contribution in [0.5, 0.6) is 5.75 Å². The van der Waals surface area contributed by atoms with Crippen LogP contribution in [-0.2, 0) is 0 Å². The largest absolute Gasteiger partial charge is 0.491 e. The zero-order valence-corrected chi connectivity index (χ0v) is 17.7. The lowest BCUT2D eigenvalue weighted by Crippen LogP contribution is -2.35. The smallest absolute Gasteiger partial charge is 0.162 e. The van der Waals surface area contributed by atoms with E-state index in [2.05, 4.69) is 23.3 Å². The Balaban J connectivity index is 1.91. The monoisotopic (exact) mass is 394 g/mol. The summed E-state index contributed by atoms with van der Waals surface area (Å²) in [5.41, 5.74) is 3.61. The molecule has 0 amide bonds. The van der Waals surface area contributed by atoms with Crippen molar-refractivity contribution in [3.8, 4) is 11.4 Å². The predicted molar refractivity (Wildman–Crippen MR) is 117 cm³/mol. The van der Waals surface area contributed by atoms with Gasteiger partial charge in [-0.1, -0.05) is 32.0 Å². The summed E-state index contributed by atoms with van der Waals surface area (Å²) in [5, 5.41) is 11.1. The molecule has 29 heavy (non-hydrogen) atoms. The van der Waals surface area contributed by atoms with Crippen LogP contribution < -0.4 is 4.74 Å². The van der Waals surface area contributed by atoms with Crippen LogP contribution >= 0.6 is 0 Å². The molecule has 0 aliphatic rings. The van der Waals surface area contributed by atoms with Gasteiger partial charge in [0.15, 0.2) is 5.78 Å². The lowest BCUT2D eigenvalue weighted by atomic mass is 10.1. The van der Waals surface area contributed by atoms with Gasteiger partial charge in [0.2, 0.25) is 0 Å². The number of benzene rings is 2. The van der Waals surface area contributed by atoms with Crippen LogP contribution in [0.4, 0.5) is 0 Å². The fraction of sp³-hybridized carbons (Fsp3) is 0.375. The number of aliphatic hydroxyl groups excluding tert-OH is 1. The van der Waals surface area contributed by atoms with E-state index in [1.54, 1.807) is 6.92 Å². The normalized spacial score (nSPS) is 12.5. The van der Waals surface area contributed by atoms with Crippen LogP contribution in [-0.4, -0.2) is 52.7 Å². The summed E-state index contributed by atoms with van der Waals surface area (Å²) in [7, 11) is 0. The molecule has 0 aliphatic carbocycles. The first-order valence-corrected chi connectivity index (χ1v) is 10.2. The Kier molecular flexibility index (Phi) is 6.72. The van der Waals surface area contributed by atoms with Crippen molar-refractivity contribution in [2.45, 2.75) is 33.8 Å². The summed E-state index contributed by atoms with van der Waals surface area (Å²) in [6.07, 6.45) is -0.562. The van der Waals surface area contributed by atoms with E-state index in [0.29, 0.717) is 17.9 Å². The number of carbonyl (C=O) groups excluding carboxylic acids is 1. The van der Waals surface area contributed by atoms with E-state index in [1.165, 1.54) is 0 Å². The van der Waals surface area contributed by atoms with Crippen LogP contribution in [0.15, 0.2) is 48.5 Å². The average Bonchev–Trinajstić information content (AvgIpc) is 3.02. The number of aliphatic hydroxyl groups is 1. The zero-order chi connectivity index (χ0) is 21.0. The second-order valence-electron chi connectivity index (χ2n) is 7.32. The molecule has 0 fully saturated rings. The van der Waals surface area contributed by atoms with Gasteiger partial charge in [-0.2, -0.15) is 0 Å². The molecule has 0 radical (unpaired) electrons. The first-order valence-electron chi connectivity index (χ1n) is 10.2. The number of likely N-dealkylation sites (N-methyl/N-ethyl adjacent to an activating group) is 1. The van der Waals surface area contributed by atoms with E-state index in [-0.39, 0.29) is 12.4 Å². The molecule has 3 aromatic rings. The van der Waals surface area contributed by atoms with Gasteiger partial charge in [-0.15, -0.1) is 0 Å². The van der Waals surface area contributed by atoms with Gasteiger partial charge in [-0.25, -0.2) is 0 Å². The molecule has 0 unspecified atom stereocenters. The Morgan fingerprint density at radius 1 is 1.14 bits per heavy atom. The number of para-hydroxylation sites is 1.